The molecule has 0 bridgehead atoms. The Morgan fingerprint density at radius 1 is 0.714 bits per heavy atom. The van der Waals surface area contributed by atoms with Crippen LogP contribution in [0.15, 0.2) is 54.6 Å². The maximum atomic E-state index is 6.69. The van der Waals surface area contributed by atoms with E-state index in [1.165, 1.54) is 29.5 Å². The molecule has 0 amide bonds. The summed E-state index contributed by atoms with van der Waals surface area (Å²) in [6.07, 6.45) is 4.60. The summed E-state index contributed by atoms with van der Waals surface area (Å²) in [4.78, 5) is 0. The molecule has 2 radical (unpaired) electrons. The first-order valence-corrected chi connectivity index (χ1v) is 7.93. The monoisotopic (exact) mass is 274 g/mol. The van der Waals surface area contributed by atoms with Gasteiger partial charge >= 0.3 is 0 Å². The van der Waals surface area contributed by atoms with Gasteiger partial charge in [0.1, 0.15) is 0 Å². The summed E-state index contributed by atoms with van der Waals surface area (Å²) in [5, 5.41) is -0.134. The highest BCUT2D eigenvalue weighted by Crippen LogP contribution is 2.45. The molecule has 0 atom stereocenters. The van der Waals surface area contributed by atoms with Crippen LogP contribution in [0, 0.1) is 5.41 Å². The second-order valence-corrected chi connectivity index (χ2v) is 7.26. The Balaban J connectivity index is 1.81. The molecule has 0 unspecified atom stereocenters. The van der Waals surface area contributed by atoms with Crippen LogP contribution in [0.25, 0.3) is 11.1 Å². The van der Waals surface area contributed by atoms with Crippen molar-refractivity contribution in [3.63, 3.8) is 0 Å². The van der Waals surface area contributed by atoms with Gasteiger partial charge in [0.15, 0.2) is 0 Å². The predicted molar refractivity (Wildman–Crippen MR) is 91.6 cm³/mol. The highest BCUT2D eigenvalue weighted by atomic mass is 14.4. The van der Waals surface area contributed by atoms with E-state index in [9.17, 15) is 0 Å². The summed E-state index contributed by atoms with van der Waals surface area (Å²) < 4.78 is 0. The van der Waals surface area contributed by atoms with E-state index in [2.05, 4.69) is 68.4 Å². The van der Waals surface area contributed by atoms with Gasteiger partial charge in [0.2, 0.25) is 0 Å². The lowest BCUT2D eigenvalue weighted by molar-refractivity contribution is 0.206. The highest BCUT2D eigenvalue weighted by Gasteiger charge is 2.35. The van der Waals surface area contributed by atoms with Crippen LogP contribution < -0.4 is 0 Å². The lowest BCUT2D eigenvalue weighted by Gasteiger charge is -2.42. The van der Waals surface area contributed by atoms with Crippen molar-refractivity contribution in [2.45, 2.75) is 44.8 Å². The van der Waals surface area contributed by atoms with E-state index >= 15 is 0 Å². The van der Waals surface area contributed by atoms with E-state index in [4.69, 9.17) is 7.85 Å². The van der Waals surface area contributed by atoms with Crippen molar-refractivity contribution in [3.8, 4) is 11.1 Å². The molecule has 1 aliphatic rings. The van der Waals surface area contributed by atoms with Crippen molar-refractivity contribution in [2.24, 2.45) is 5.41 Å². The molecule has 0 nitrogen and oxygen atoms in total. The molecule has 0 spiro atoms. The normalized spacial score (nSPS) is 20.1. The highest BCUT2D eigenvalue weighted by molar-refractivity contribution is 6.16. The lowest BCUT2D eigenvalue weighted by atomic mass is 9.53. The Kier molecular flexibility index (Phi) is 3.69. The van der Waals surface area contributed by atoms with Crippen molar-refractivity contribution in [1.29, 1.82) is 0 Å². The van der Waals surface area contributed by atoms with E-state index in [1.54, 1.807) is 0 Å². The van der Waals surface area contributed by atoms with E-state index in [0.29, 0.717) is 5.41 Å². The fourth-order valence-corrected chi connectivity index (χ4v) is 3.29. The third-order valence-electron chi connectivity index (χ3n) is 5.06. The van der Waals surface area contributed by atoms with Crippen LogP contribution in [0.2, 0.25) is 0 Å². The summed E-state index contributed by atoms with van der Waals surface area (Å²) in [6.45, 7) is 4.70. The Morgan fingerprint density at radius 2 is 1.24 bits per heavy atom. The van der Waals surface area contributed by atoms with Gasteiger partial charge in [-0.1, -0.05) is 86.8 Å². The van der Waals surface area contributed by atoms with E-state index in [-0.39, 0.29) is 5.31 Å². The summed E-state index contributed by atoms with van der Waals surface area (Å²) in [5.41, 5.74) is 4.27. The van der Waals surface area contributed by atoms with Gasteiger partial charge in [-0.3, -0.25) is 0 Å². The zero-order valence-electron chi connectivity index (χ0n) is 13.1. The maximum absolute atomic E-state index is 6.69. The topological polar surface area (TPSA) is 0 Å². The number of rotatable bonds is 2. The predicted octanol–water partition coefficient (Wildman–Crippen LogP) is 5.32. The van der Waals surface area contributed by atoms with Crippen LogP contribution in [0.4, 0.5) is 0 Å². The molecule has 1 heteroatoms. The van der Waals surface area contributed by atoms with Gasteiger partial charge in [0.05, 0.1) is 7.85 Å². The fourth-order valence-electron chi connectivity index (χ4n) is 3.29. The minimum atomic E-state index is -0.134. The van der Waals surface area contributed by atoms with Crippen molar-refractivity contribution in [3.05, 3.63) is 60.2 Å². The van der Waals surface area contributed by atoms with Gasteiger partial charge in [-0.2, -0.15) is 0 Å². The van der Waals surface area contributed by atoms with Crippen LogP contribution in [-0.4, -0.2) is 7.85 Å². The molecule has 0 N–H and O–H groups in total. The Labute approximate surface area is 130 Å². The molecular formula is C20H23B. The van der Waals surface area contributed by atoms with Gasteiger partial charge in [-0.15, -0.1) is 0 Å². The third-order valence-corrected chi connectivity index (χ3v) is 5.06. The van der Waals surface area contributed by atoms with Gasteiger partial charge < -0.3 is 0 Å². The lowest BCUT2D eigenvalue weighted by Crippen LogP contribution is -2.35. The molecule has 1 aliphatic carbocycles. The molecule has 2 aromatic rings. The largest absolute Gasteiger partial charge is 0.0810 e. The SMILES string of the molecule is [B]C1(c2ccc(-c3ccccc3)cc2)CCC(C)(C)CC1. The molecule has 0 aromatic heterocycles. The first-order valence-electron chi connectivity index (χ1n) is 7.93. The second-order valence-electron chi connectivity index (χ2n) is 7.26. The summed E-state index contributed by atoms with van der Waals surface area (Å²) >= 11 is 0. The smallest absolute Gasteiger partial charge is 0.0622 e. The average Bonchev–Trinajstić information content (AvgIpc) is 2.52. The molecule has 106 valence electrons. The first-order chi connectivity index (χ1) is 9.99. The van der Waals surface area contributed by atoms with Crippen LogP contribution >= 0.6 is 0 Å². The van der Waals surface area contributed by atoms with Crippen LogP contribution in [0.1, 0.15) is 45.1 Å². The third kappa shape index (κ3) is 3.07. The summed E-state index contributed by atoms with van der Waals surface area (Å²) in [7, 11) is 6.69. The number of benzene rings is 2. The molecule has 1 fully saturated rings. The molecule has 3 rings (SSSR count). The van der Waals surface area contributed by atoms with Crippen molar-refractivity contribution in [2.75, 3.05) is 0 Å². The number of hydrogen-bond donors (Lipinski definition) is 0. The fraction of sp³-hybridized carbons (Fsp3) is 0.400. The van der Waals surface area contributed by atoms with Gasteiger partial charge in [0.25, 0.3) is 0 Å². The summed E-state index contributed by atoms with van der Waals surface area (Å²) in [5.74, 6) is 0. The maximum Gasteiger partial charge on any atom is 0.0810 e. The van der Waals surface area contributed by atoms with Gasteiger partial charge in [-0.25, -0.2) is 0 Å². The molecule has 0 aliphatic heterocycles. The van der Waals surface area contributed by atoms with E-state index < -0.39 is 0 Å². The zero-order chi connectivity index (χ0) is 14.9. The first kappa shape index (κ1) is 14.4. The Bertz CT molecular complexity index is 585. The van der Waals surface area contributed by atoms with Crippen molar-refractivity contribution < 1.29 is 0 Å². The Morgan fingerprint density at radius 3 is 1.81 bits per heavy atom. The summed E-state index contributed by atoms with van der Waals surface area (Å²) in [6, 6.07) is 19.4. The standard InChI is InChI=1S/C20H23B/c1-19(2)12-14-20(21,15-13-19)18-10-8-17(9-11-18)16-6-4-3-5-7-16/h3-11H,12-15H2,1-2H3. The molecule has 1 saturated carbocycles. The van der Waals surface area contributed by atoms with Crippen molar-refractivity contribution >= 4 is 7.85 Å². The quantitative estimate of drug-likeness (QED) is 0.650. The molecule has 0 saturated heterocycles. The van der Waals surface area contributed by atoms with Crippen molar-refractivity contribution in [1.82, 2.24) is 0 Å². The second kappa shape index (κ2) is 5.37. The Hall–Kier alpha value is -1.50. The van der Waals surface area contributed by atoms with Gasteiger partial charge in [0, 0.05) is 0 Å². The van der Waals surface area contributed by atoms with Crippen LogP contribution in [0.5, 0.6) is 0 Å². The van der Waals surface area contributed by atoms with Crippen LogP contribution in [-0.2, 0) is 5.31 Å². The van der Waals surface area contributed by atoms with Crippen LogP contribution in [0.3, 0.4) is 0 Å². The number of hydrogen-bond acceptors (Lipinski definition) is 0. The minimum absolute atomic E-state index is 0.134. The average molecular weight is 274 g/mol. The van der Waals surface area contributed by atoms with E-state index in [0.717, 1.165) is 12.8 Å². The molecular weight excluding hydrogens is 251 g/mol. The zero-order valence-corrected chi connectivity index (χ0v) is 13.1. The van der Waals surface area contributed by atoms with Gasteiger partial charge in [-0.05, 0) is 34.7 Å². The van der Waals surface area contributed by atoms with E-state index in [1.807, 2.05) is 0 Å². The molecule has 2 aromatic carbocycles. The molecule has 21 heavy (non-hydrogen) atoms. The minimum Gasteiger partial charge on any atom is -0.0622 e. The molecule has 0 heterocycles.